The molecular weight excluding hydrogens is 611 g/mol. The van der Waals surface area contributed by atoms with Gasteiger partial charge in [0.1, 0.15) is 0 Å². The first-order chi connectivity index (χ1) is 24.7. The first-order valence-electron chi connectivity index (χ1n) is 16.3. The Morgan fingerprint density at radius 3 is 1.88 bits per heavy atom. The molecule has 2 heterocycles. The van der Waals surface area contributed by atoms with Crippen LogP contribution in [0.3, 0.4) is 0 Å². The Morgan fingerprint density at radius 2 is 1.16 bits per heavy atom. The second-order valence-corrected chi connectivity index (χ2v) is 12.3. The molecule has 0 spiro atoms. The van der Waals surface area contributed by atoms with E-state index in [9.17, 15) is 10.5 Å². The van der Waals surface area contributed by atoms with Crippen LogP contribution in [0.5, 0.6) is 0 Å². The summed E-state index contributed by atoms with van der Waals surface area (Å²) in [6.45, 7) is 7.88. The fourth-order valence-electron chi connectivity index (χ4n) is 7.44. The molecule has 0 aliphatic carbocycles. The number of hydrogen-bond donors (Lipinski definition) is 0. The monoisotopic (exact) mass is 635 g/mol. The minimum Gasteiger partial charge on any atom is -0.319 e. The normalized spacial score (nSPS) is 11.1. The van der Waals surface area contributed by atoms with Crippen LogP contribution in [0.15, 0.2) is 152 Å². The van der Waals surface area contributed by atoms with Gasteiger partial charge in [-0.15, -0.1) is 0 Å². The average molecular weight is 636 g/mol. The van der Waals surface area contributed by atoms with E-state index in [1.807, 2.05) is 54.6 Å². The van der Waals surface area contributed by atoms with Gasteiger partial charge in [-0.25, -0.2) is 4.85 Å². The van der Waals surface area contributed by atoms with Crippen LogP contribution in [0.2, 0.25) is 0 Å². The first kappa shape index (κ1) is 28.8. The third kappa shape index (κ3) is 4.31. The number of nitriles is 2. The highest BCUT2D eigenvalue weighted by molar-refractivity contribution is 6.14. The van der Waals surface area contributed by atoms with Crippen molar-refractivity contribution in [1.29, 1.82) is 10.5 Å². The molecule has 0 amide bonds. The Labute approximate surface area is 288 Å². The number of para-hydroxylation sites is 3. The average Bonchev–Trinajstić information content (AvgIpc) is 3.70. The summed E-state index contributed by atoms with van der Waals surface area (Å²) in [6, 6.07) is 55.6. The molecule has 0 aliphatic rings. The van der Waals surface area contributed by atoms with Crippen molar-refractivity contribution < 1.29 is 0 Å². The van der Waals surface area contributed by atoms with Crippen molar-refractivity contribution in [3.8, 4) is 45.8 Å². The molecule has 0 bridgehead atoms. The zero-order chi connectivity index (χ0) is 33.8. The van der Waals surface area contributed by atoms with Gasteiger partial charge < -0.3 is 9.13 Å². The van der Waals surface area contributed by atoms with Crippen molar-refractivity contribution >= 4 is 49.3 Å². The van der Waals surface area contributed by atoms with Gasteiger partial charge in [-0.3, -0.25) is 0 Å². The van der Waals surface area contributed by atoms with Crippen LogP contribution >= 0.6 is 0 Å². The summed E-state index contributed by atoms with van der Waals surface area (Å²) in [4.78, 5) is 3.84. The summed E-state index contributed by atoms with van der Waals surface area (Å²) < 4.78 is 4.38. The zero-order valence-electron chi connectivity index (χ0n) is 26.7. The second kappa shape index (κ2) is 11.4. The van der Waals surface area contributed by atoms with Gasteiger partial charge in [0.25, 0.3) is 0 Å². The summed E-state index contributed by atoms with van der Waals surface area (Å²) in [6.07, 6.45) is 0. The van der Waals surface area contributed by atoms with Crippen molar-refractivity contribution in [3.05, 3.63) is 174 Å². The highest BCUT2D eigenvalue weighted by atomic mass is 15.0. The maximum atomic E-state index is 10.4. The summed E-state index contributed by atoms with van der Waals surface area (Å²) in [5.74, 6) is 0. The molecule has 0 aliphatic heterocycles. The first-order valence-corrected chi connectivity index (χ1v) is 16.3. The minimum atomic E-state index is 0.559. The van der Waals surface area contributed by atoms with Crippen LogP contribution in [0.25, 0.3) is 82.1 Å². The topological polar surface area (TPSA) is 61.8 Å². The molecule has 9 aromatic rings. The largest absolute Gasteiger partial charge is 0.319 e. The lowest BCUT2D eigenvalue weighted by atomic mass is 9.94. The van der Waals surface area contributed by atoms with Gasteiger partial charge in [-0.1, -0.05) is 91.0 Å². The number of fused-ring (bicyclic) bond motifs is 6. The summed E-state index contributed by atoms with van der Waals surface area (Å²) in [5, 5.41) is 24.2. The maximum Gasteiger partial charge on any atom is 0.211 e. The van der Waals surface area contributed by atoms with Crippen LogP contribution in [0, 0.1) is 29.2 Å². The van der Waals surface area contributed by atoms with E-state index in [0.717, 1.165) is 66.5 Å². The molecular formula is C45H25N5. The van der Waals surface area contributed by atoms with Gasteiger partial charge in [-0.2, -0.15) is 10.5 Å². The molecule has 0 radical (unpaired) electrons. The van der Waals surface area contributed by atoms with Crippen molar-refractivity contribution in [3.63, 3.8) is 0 Å². The Morgan fingerprint density at radius 1 is 0.500 bits per heavy atom. The number of benzene rings is 7. The minimum absolute atomic E-state index is 0.559. The molecule has 0 N–H and O–H groups in total. The lowest BCUT2D eigenvalue weighted by molar-refractivity contribution is 1.18. The quantitative estimate of drug-likeness (QED) is 0.181. The van der Waals surface area contributed by atoms with Crippen LogP contribution in [-0.2, 0) is 0 Å². The summed E-state index contributed by atoms with van der Waals surface area (Å²) >= 11 is 0. The lowest BCUT2D eigenvalue weighted by Gasteiger charge is -2.16. The fourth-order valence-corrected chi connectivity index (χ4v) is 7.44. The van der Waals surface area contributed by atoms with Gasteiger partial charge in [0, 0.05) is 27.4 Å². The SMILES string of the molecule is [C-]#[N+]c1cccc2c3cc(C#N)ccc3n(-c3ccc(-c4cccc(-c5c(C#N)cccc5-n5c6ccccc6c6ccccc65)c4)cc3)c12. The predicted octanol–water partition coefficient (Wildman–Crippen LogP) is 11.5. The predicted molar refractivity (Wildman–Crippen MR) is 202 cm³/mol. The van der Waals surface area contributed by atoms with Gasteiger partial charge in [0.2, 0.25) is 5.69 Å². The fraction of sp³-hybridized carbons (Fsp3) is 0. The van der Waals surface area contributed by atoms with Crippen molar-refractivity contribution in [1.82, 2.24) is 9.13 Å². The Hall–Kier alpha value is -7.39. The molecule has 5 nitrogen and oxygen atoms in total. The summed E-state index contributed by atoms with van der Waals surface area (Å²) in [7, 11) is 0. The Balaban J connectivity index is 1.19. The molecule has 0 atom stereocenters. The van der Waals surface area contributed by atoms with Crippen molar-refractivity contribution in [2.45, 2.75) is 0 Å². The molecule has 230 valence electrons. The number of hydrogen-bond acceptors (Lipinski definition) is 2. The van der Waals surface area contributed by atoms with E-state index in [1.54, 1.807) is 0 Å². The molecule has 0 saturated heterocycles. The van der Waals surface area contributed by atoms with Gasteiger partial charge >= 0.3 is 0 Å². The van der Waals surface area contributed by atoms with E-state index in [4.69, 9.17) is 6.57 Å². The smallest absolute Gasteiger partial charge is 0.211 e. The molecule has 0 fully saturated rings. The van der Waals surface area contributed by atoms with Crippen LogP contribution in [0.1, 0.15) is 11.1 Å². The molecule has 0 saturated carbocycles. The maximum absolute atomic E-state index is 10.4. The molecule has 0 unspecified atom stereocenters. The molecule has 7 aromatic carbocycles. The van der Waals surface area contributed by atoms with E-state index in [1.165, 1.54) is 10.8 Å². The van der Waals surface area contributed by atoms with Crippen molar-refractivity contribution in [2.75, 3.05) is 0 Å². The van der Waals surface area contributed by atoms with Crippen LogP contribution < -0.4 is 0 Å². The zero-order valence-corrected chi connectivity index (χ0v) is 26.7. The third-order valence-electron chi connectivity index (χ3n) is 9.61. The standard InChI is InChI=1S/C45H25N5/c1-48-39-15-8-14-37-38-25-29(27-46)19-24-42(38)49(45(37)39)34-22-20-30(21-23-34)31-9-6-10-32(26-31)44-33(28-47)11-7-18-43(44)50-40-16-4-2-12-35(40)36-13-3-5-17-41(36)50/h2-26H. The van der Waals surface area contributed by atoms with Gasteiger partial charge in [0.05, 0.1) is 57.6 Å². The van der Waals surface area contributed by atoms with E-state index < -0.39 is 0 Å². The molecule has 2 aromatic heterocycles. The highest BCUT2D eigenvalue weighted by Gasteiger charge is 2.19. The Bertz CT molecular complexity index is 2900. The highest BCUT2D eigenvalue weighted by Crippen LogP contribution is 2.40. The van der Waals surface area contributed by atoms with Crippen molar-refractivity contribution in [2.24, 2.45) is 0 Å². The summed E-state index contributed by atoms with van der Waals surface area (Å²) in [5.41, 5.74) is 11.5. The number of aromatic nitrogens is 2. The van der Waals surface area contributed by atoms with Gasteiger partial charge in [0.15, 0.2) is 0 Å². The van der Waals surface area contributed by atoms with Gasteiger partial charge in [-0.05, 0) is 82.7 Å². The van der Waals surface area contributed by atoms with E-state index in [2.05, 4.69) is 123 Å². The van der Waals surface area contributed by atoms with E-state index in [-0.39, 0.29) is 0 Å². The lowest BCUT2D eigenvalue weighted by Crippen LogP contribution is -1.99. The molecule has 5 heteroatoms. The molecule has 9 rings (SSSR count). The molecule has 50 heavy (non-hydrogen) atoms. The number of rotatable bonds is 4. The third-order valence-corrected chi connectivity index (χ3v) is 9.61. The van der Waals surface area contributed by atoms with Crippen LogP contribution in [0.4, 0.5) is 5.69 Å². The van der Waals surface area contributed by atoms with E-state index >= 15 is 0 Å². The number of nitrogens with zero attached hydrogens (tertiary/aromatic N) is 5. The Kier molecular flexibility index (Phi) is 6.56. The van der Waals surface area contributed by atoms with E-state index in [0.29, 0.717) is 16.8 Å². The van der Waals surface area contributed by atoms with Crippen LogP contribution in [-0.4, -0.2) is 9.13 Å². The second-order valence-electron chi connectivity index (χ2n) is 12.3.